The van der Waals surface area contributed by atoms with Gasteiger partial charge in [0.15, 0.2) is 0 Å². The molecule has 2 rings (SSSR count). The molecule has 2 heterocycles. The normalized spacial score (nSPS) is 33.0. The second kappa shape index (κ2) is 4.63. The van der Waals surface area contributed by atoms with Gasteiger partial charge < -0.3 is 4.74 Å². The minimum absolute atomic E-state index is 0.297. The maximum absolute atomic E-state index is 5.86. The number of nitrogens with zero attached hydrogens (tertiary/aromatic N) is 2. The molecule has 2 saturated heterocycles. The standard InChI is InChI=1S/C13H26N2O/c1-5-16-12-6-7-14-8-9-15(10-11(12)14)13(2,3)4/h11-12H,5-10H2,1-4H3. The van der Waals surface area contributed by atoms with Crippen molar-refractivity contribution in [1.29, 1.82) is 0 Å². The molecule has 0 amide bonds. The van der Waals surface area contributed by atoms with Crippen molar-refractivity contribution in [3.05, 3.63) is 0 Å². The van der Waals surface area contributed by atoms with E-state index in [1.807, 2.05) is 0 Å². The average Bonchev–Trinajstić information content (AvgIpc) is 2.60. The molecule has 0 radical (unpaired) electrons. The Hall–Kier alpha value is -0.120. The van der Waals surface area contributed by atoms with E-state index in [1.54, 1.807) is 0 Å². The molecule has 0 N–H and O–H groups in total. The van der Waals surface area contributed by atoms with Crippen LogP contribution in [-0.4, -0.2) is 60.3 Å². The number of ether oxygens (including phenoxy) is 1. The predicted molar refractivity (Wildman–Crippen MR) is 66.7 cm³/mol. The zero-order valence-corrected chi connectivity index (χ0v) is 11.2. The highest BCUT2D eigenvalue weighted by Crippen LogP contribution is 2.27. The van der Waals surface area contributed by atoms with Crippen molar-refractivity contribution in [2.45, 2.75) is 51.8 Å². The van der Waals surface area contributed by atoms with Crippen molar-refractivity contribution < 1.29 is 4.74 Å². The number of rotatable bonds is 2. The lowest BCUT2D eigenvalue weighted by atomic mass is 10.0. The van der Waals surface area contributed by atoms with E-state index >= 15 is 0 Å². The van der Waals surface area contributed by atoms with E-state index in [0.29, 0.717) is 17.7 Å². The van der Waals surface area contributed by atoms with Crippen molar-refractivity contribution >= 4 is 0 Å². The van der Waals surface area contributed by atoms with Gasteiger partial charge in [0, 0.05) is 44.4 Å². The van der Waals surface area contributed by atoms with E-state index in [4.69, 9.17) is 4.74 Å². The molecule has 3 heteroatoms. The first-order valence-corrected chi connectivity index (χ1v) is 6.63. The van der Waals surface area contributed by atoms with E-state index in [0.717, 1.165) is 6.61 Å². The van der Waals surface area contributed by atoms with Crippen molar-refractivity contribution in [2.24, 2.45) is 0 Å². The first kappa shape index (κ1) is 12.3. The molecular weight excluding hydrogens is 200 g/mol. The Kier molecular flexibility index (Phi) is 3.57. The molecule has 0 aromatic carbocycles. The monoisotopic (exact) mass is 226 g/mol. The first-order chi connectivity index (χ1) is 7.52. The zero-order valence-electron chi connectivity index (χ0n) is 11.2. The molecule has 0 spiro atoms. The third-order valence-corrected chi connectivity index (χ3v) is 3.99. The molecule has 0 aromatic heterocycles. The summed E-state index contributed by atoms with van der Waals surface area (Å²) in [6.07, 6.45) is 1.69. The van der Waals surface area contributed by atoms with E-state index in [9.17, 15) is 0 Å². The number of hydrogen-bond donors (Lipinski definition) is 0. The van der Waals surface area contributed by atoms with Gasteiger partial charge in [-0.1, -0.05) is 0 Å². The van der Waals surface area contributed by atoms with Crippen LogP contribution in [0.4, 0.5) is 0 Å². The Morgan fingerprint density at radius 1 is 1.19 bits per heavy atom. The minimum atomic E-state index is 0.297. The van der Waals surface area contributed by atoms with E-state index in [2.05, 4.69) is 37.5 Å². The summed E-state index contributed by atoms with van der Waals surface area (Å²) in [4.78, 5) is 5.22. The van der Waals surface area contributed by atoms with Gasteiger partial charge in [-0.15, -0.1) is 0 Å². The summed E-state index contributed by atoms with van der Waals surface area (Å²) in [6, 6.07) is 0.632. The molecule has 0 aliphatic carbocycles. The van der Waals surface area contributed by atoms with Gasteiger partial charge in [0.1, 0.15) is 0 Å². The summed E-state index contributed by atoms with van der Waals surface area (Å²) in [5.74, 6) is 0. The molecule has 0 saturated carbocycles. The molecular formula is C13H26N2O. The second-order valence-corrected chi connectivity index (χ2v) is 6.00. The highest BCUT2D eigenvalue weighted by Gasteiger charge is 2.40. The van der Waals surface area contributed by atoms with Gasteiger partial charge in [-0.25, -0.2) is 0 Å². The summed E-state index contributed by atoms with van der Waals surface area (Å²) in [5, 5.41) is 0. The van der Waals surface area contributed by atoms with Gasteiger partial charge in [-0.3, -0.25) is 9.80 Å². The molecule has 2 aliphatic rings. The van der Waals surface area contributed by atoms with Crippen molar-refractivity contribution in [1.82, 2.24) is 9.80 Å². The molecule has 2 unspecified atom stereocenters. The lowest BCUT2D eigenvalue weighted by Crippen LogP contribution is -2.58. The Morgan fingerprint density at radius 3 is 2.56 bits per heavy atom. The first-order valence-electron chi connectivity index (χ1n) is 6.63. The molecule has 94 valence electrons. The minimum Gasteiger partial charge on any atom is -0.377 e. The highest BCUT2D eigenvalue weighted by molar-refractivity contribution is 4.96. The highest BCUT2D eigenvalue weighted by atomic mass is 16.5. The summed E-state index contributed by atoms with van der Waals surface area (Å²) in [6.45, 7) is 14.7. The maximum atomic E-state index is 5.86. The fourth-order valence-electron chi connectivity index (χ4n) is 2.98. The van der Waals surface area contributed by atoms with Crippen LogP contribution in [-0.2, 0) is 4.74 Å². The summed E-state index contributed by atoms with van der Waals surface area (Å²) in [5.41, 5.74) is 0.297. The Balaban J connectivity index is 1.99. The Bertz CT molecular complexity index is 237. The quantitative estimate of drug-likeness (QED) is 0.711. The molecule has 0 bridgehead atoms. The maximum Gasteiger partial charge on any atom is 0.0754 e. The Morgan fingerprint density at radius 2 is 1.94 bits per heavy atom. The topological polar surface area (TPSA) is 15.7 Å². The predicted octanol–water partition coefficient (Wildman–Crippen LogP) is 1.58. The van der Waals surface area contributed by atoms with Gasteiger partial charge in [0.2, 0.25) is 0 Å². The van der Waals surface area contributed by atoms with Crippen LogP contribution in [0.3, 0.4) is 0 Å². The lowest BCUT2D eigenvalue weighted by molar-refractivity contribution is -0.0201. The third-order valence-electron chi connectivity index (χ3n) is 3.99. The number of piperazine rings is 1. The Labute approximate surface area is 99.7 Å². The lowest BCUT2D eigenvalue weighted by Gasteiger charge is -2.45. The fraction of sp³-hybridized carbons (Fsp3) is 1.00. The smallest absolute Gasteiger partial charge is 0.0754 e. The molecule has 2 atom stereocenters. The van der Waals surface area contributed by atoms with Crippen LogP contribution < -0.4 is 0 Å². The summed E-state index contributed by atoms with van der Waals surface area (Å²) in [7, 11) is 0. The SMILES string of the molecule is CCOC1CCN2CCN(C(C)(C)C)CC12. The number of hydrogen-bond acceptors (Lipinski definition) is 3. The van der Waals surface area contributed by atoms with E-state index in [-0.39, 0.29) is 0 Å². The van der Waals surface area contributed by atoms with Crippen LogP contribution in [0, 0.1) is 0 Å². The molecule has 2 fully saturated rings. The van der Waals surface area contributed by atoms with Gasteiger partial charge in [-0.2, -0.15) is 0 Å². The van der Waals surface area contributed by atoms with Gasteiger partial charge >= 0.3 is 0 Å². The van der Waals surface area contributed by atoms with Crippen molar-refractivity contribution in [2.75, 3.05) is 32.8 Å². The molecule has 2 aliphatic heterocycles. The van der Waals surface area contributed by atoms with Crippen molar-refractivity contribution in [3.8, 4) is 0 Å². The van der Waals surface area contributed by atoms with Gasteiger partial charge in [-0.05, 0) is 34.1 Å². The van der Waals surface area contributed by atoms with Crippen molar-refractivity contribution in [3.63, 3.8) is 0 Å². The summed E-state index contributed by atoms with van der Waals surface area (Å²) < 4.78 is 5.86. The van der Waals surface area contributed by atoms with E-state index < -0.39 is 0 Å². The van der Waals surface area contributed by atoms with Crippen LogP contribution in [0.2, 0.25) is 0 Å². The third kappa shape index (κ3) is 2.41. The molecule has 3 nitrogen and oxygen atoms in total. The van der Waals surface area contributed by atoms with Gasteiger partial charge in [0.05, 0.1) is 6.10 Å². The van der Waals surface area contributed by atoms with Crippen LogP contribution in [0.15, 0.2) is 0 Å². The van der Waals surface area contributed by atoms with Crippen LogP contribution in [0.1, 0.15) is 34.1 Å². The van der Waals surface area contributed by atoms with Crippen LogP contribution >= 0.6 is 0 Å². The van der Waals surface area contributed by atoms with Crippen LogP contribution in [0.25, 0.3) is 0 Å². The number of fused-ring (bicyclic) bond motifs is 1. The largest absolute Gasteiger partial charge is 0.377 e. The van der Waals surface area contributed by atoms with Crippen LogP contribution in [0.5, 0.6) is 0 Å². The van der Waals surface area contributed by atoms with E-state index in [1.165, 1.54) is 32.6 Å². The molecule has 16 heavy (non-hydrogen) atoms. The second-order valence-electron chi connectivity index (χ2n) is 6.00. The van der Waals surface area contributed by atoms with Gasteiger partial charge in [0.25, 0.3) is 0 Å². The zero-order chi connectivity index (χ0) is 11.8. The summed E-state index contributed by atoms with van der Waals surface area (Å²) >= 11 is 0. The molecule has 0 aromatic rings. The fourth-order valence-corrected chi connectivity index (χ4v) is 2.98. The average molecular weight is 226 g/mol.